The molecule has 0 spiro atoms. The van der Waals surface area contributed by atoms with Crippen molar-refractivity contribution in [3.8, 4) is 0 Å². The molecule has 1 rings (SSSR count). The van der Waals surface area contributed by atoms with E-state index in [-0.39, 0.29) is 24.2 Å². The van der Waals surface area contributed by atoms with Crippen LogP contribution in [0.4, 0.5) is 0 Å². The quantitative estimate of drug-likeness (QED) is 0.725. The van der Waals surface area contributed by atoms with Gasteiger partial charge in [0.05, 0.1) is 6.42 Å². The standard InChI is InChI=1S/C12H21NO2/c1-8-4-5-11(6-9(8)2)13-12(15)7-10(3)14/h8-9,11H,4-7H2,1-3H3,(H,13,15). The Balaban J connectivity index is 2.33. The first kappa shape index (κ1) is 12.2. The summed E-state index contributed by atoms with van der Waals surface area (Å²) in [5.41, 5.74) is 0. The van der Waals surface area contributed by atoms with Crippen molar-refractivity contribution in [2.75, 3.05) is 0 Å². The summed E-state index contributed by atoms with van der Waals surface area (Å²) in [7, 11) is 0. The van der Waals surface area contributed by atoms with Crippen LogP contribution in [0.3, 0.4) is 0 Å². The van der Waals surface area contributed by atoms with Gasteiger partial charge in [0, 0.05) is 6.04 Å². The highest BCUT2D eigenvalue weighted by atomic mass is 16.2. The fourth-order valence-corrected chi connectivity index (χ4v) is 2.18. The number of rotatable bonds is 3. The largest absolute Gasteiger partial charge is 0.353 e. The molecule has 1 saturated carbocycles. The fraction of sp³-hybridized carbons (Fsp3) is 0.833. The van der Waals surface area contributed by atoms with Crippen LogP contribution in [-0.2, 0) is 9.59 Å². The average Bonchev–Trinajstić information content (AvgIpc) is 2.10. The van der Waals surface area contributed by atoms with Gasteiger partial charge in [-0.2, -0.15) is 0 Å². The van der Waals surface area contributed by atoms with Gasteiger partial charge in [0.25, 0.3) is 0 Å². The highest BCUT2D eigenvalue weighted by Gasteiger charge is 2.25. The molecule has 3 heteroatoms. The Hall–Kier alpha value is -0.860. The van der Waals surface area contributed by atoms with Crippen LogP contribution in [0, 0.1) is 11.8 Å². The minimum Gasteiger partial charge on any atom is -0.353 e. The molecule has 1 aliphatic carbocycles. The van der Waals surface area contributed by atoms with E-state index in [0.717, 1.165) is 18.8 Å². The van der Waals surface area contributed by atoms with E-state index < -0.39 is 0 Å². The van der Waals surface area contributed by atoms with Crippen LogP contribution in [0.25, 0.3) is 0 Å². The Bertz CT molecular complexity index is 250. The van der Waals surface area contributed by atoms with Gasteiger partial charge < -0.3 is 5.32 Å². The van der Waals surface area contributed by atoms with E-state index in [2.05, 4.69) is 19.2 Å². The van der Waals surface area contributed by atoms with Crippen molar-refractivity contribution in [1.82, 2.24) is 5.32 Å². The normalized spacial score (nSPS) is 31.0. The summed E-state index contributed by atoms with van der Waals surface area (Å²) >= 11 is 0. The van der Waals surface area contributed by atoms with E-state index in [1.165, 1.54) is 13.3 Å². The van der Waals surface area contributed by atoms with Crippen molar-refractivity contribution in [3.63, 3.8) is 0 Å². The van der Waals surface area contributed by atoms with E-state index in [1.54, 1.807) is 0 Å². The van der Waals surface area contributed by atoms with Gasteiger partial charge in [-0.25, -0.2) is 0 Å². The monoisotopic (exact) mass is 211 g/mol. The SMILES string of the molecule is CC(=O)CC(=O)NC1CCC(C)C(C)C1. The van der Waals surface area contributed by atoms with Gasteiger partial charge >= 0.3 is 0 Å². The zero-order chi connectivity index (χ0) is 11.4. The Labute approximate surface area is 91.6 Å². The summed E-state index contributed by atoms with van der Waals surface area (Å²) in [5, 5.41) is 2.94. The van der Waals surface area contributed by atoms with Crippen molar-refractivity contribution in [3.05, 3.63) is 0 Å². The molecule has 0 saturated heterocycles. The number of hydrogen-bond acceptors (Lipinski definition) is 2. The zero-order valence-electron chi connectivity index (χ0n) is 9.88. The average molecular weight is 211 g/mol. The molecular weight excluding hydrogens is 190 g/mol. The van der Waals surface area contributed by atoms with Crippen LogP contribution in [0.5, 0.6) is 0 Å². The molecular formula is C12H21NO2. The lowest BCUT2D eigenvalue weighted by Crippen LogP contribution is -2.40. The predicted molar refractivity (Wildman–Crippen MR) is 59.4 cm³/mol. The molecule has 3 nitrogen and oxygen atoms in total. The molecule has 0 heterocycles. The van der Waals surface area contributed by atoms with Crippen molar-refractivity contribution in [2.24, 2.45) is 11.8 Å². The molecule has 0 radical (unpaired) electrons. The van der Waals surface area contributed by atoms with Crippen LogP contribution in [-0.4, -0.2) is 17.7 Å². The zero-order valence-corrected chi connectivity index (χ0v) is 9.88. The molecule has 3 unspecified atom stereocenters. The smallest absolute Gasteiger partial charge is 0.227 e. The number of hydrogen-bond donors (Lipinski definition) is 1. The van der Waals surface area contributed by atoms with Gasteiger partial charge in [0.15, 0.2) is 0 Å². The molecule has 0 aromatic carbocycles. The van der Waals surface area contributed by atoms with Crippen LogP contribution < -0.4 is 5.32 Å². The number of carbonyl (C=O) groups is 2. The summed E-state index contributed by atoms with van der Waals surface area (Å²) in [6, 6.07) is 0.281. The molecule has 0 aromatic rings. The topological polar surface area (TPSA) is 46.2 Å². The molecule has 86 valence electrons. The second kappa shape index (κ2) is 5.29. The van der Waals surface area contributed by atoms with Crippen molar-refractivity contribution < 1.29 is 9.59 Å². The maximum Gasteiger partial charge on any atom is 0.227 e. The lowest BCUT2D eigenvalue weighted by Gasteiger charge is -2.32. The first-order valence-corrected chi connectivity index (χ1v) is 5.78. The minimum absolute atomic E-state index is 0.0282. The molecule has 1 N–H and O–H groups in total. The van der Waals surface area contributed by atoms with E-state index in [0.29, 0.717) is 5.92 Å². The molecule has 3 atom stereocenters. The van der Waals surface area contributed by atoms with Crippen molar-refractivity contribution in [2.45, 2.75) is 52.5 Å². The van der Waals surface area contributed by atoms with Crippen LogP contribution in [0.2, 0.25) is 0 Å². The van der Waals surface area contributed by atoms with Gasteiger partial charge in [-0.1, -0.05) is 13.8 Å². The van der Waals surface area contributed by atoms with E-state index in [9.17, 15) is 9.59 Å². The summed E-state index contributed by atoms with van der Waals surface area (Å²) < 4.78 is 0. The predicted octanol–water partition coefficient (Wildman–Crippen LogP) is 1.91. The Morgan fingerprint density at radius 1 is 1.20 bits per heavy atom. The van der Waals surface area contributed by atoms with Gasteiger partial charge in [0.1, 0.15) is 5.78 Å². The number of carbonyl (C=O) groups excluding carboxylic acids is 2. The number of amides is 1. The van der Waals surface area contributed by atoms with Crippen LogP contribution in [0.1, 0.15) is 46.5 Å². The highest BCUT2D eigenvalue weighted by Crippen LogP contribution is 2.29. The number of nitrogens with one attached hydrogen (secondary N) is 1. The number of Topliss-reactive ketones (excluding diaryl/α,β-unsaturated/α-hetero) is 1. The Morgan fingerprint density at radius 3 is 2.40 bits per heavy atom. The molecule has 0 aliphatic heterocycles. The van der Waals surface area contributed by atoms with E-state index >= 15 is 0 Å². The molecule has 1 amide bonds. The van der Waals surface area contributed by atoms with Crippen LogP contribution in [0.15, 0.2) is 0 Å². The van der Waals surface area contributed by atoms with E-state index in [4.69, 9.17) is 0 Å². The molecule has 15 heavy (non-hydrogen) atoms. The molecule has 0 bridgehead atoms. The third kappa shape index (κ3) is 4.02. The lowest BCUT2D eigenvalue weighted by atomic mass is 9.79. The van der Waals surface area contributed by atoms with Crippen molar-refractivity contribution >= 4 is 11.7 Å². The maximum atomic E-state index is 11.4. The summed E-state index contributed by atoms with van der Waals surface area (Å²) in [4.78, 5) is 22.1. The Morgan fingerprint density at radius 2 is 1.87 bits per heavy atom. The van der Waals surface area contributed by atoms with Gasteiger partial charge in [0.2, 0.25) is 5.91 Å². The maximum absolute atomic E-state index is 11.4. The summed E-state index contributed by atoms with van der Waals surface area (Å²) in [6.07, 6.45) is 3.30. The van der Waals surface area contributed by atoms with Gasteiger partial charge in [-0.3, -0.25) is 9.59 Å². The first-order valence-electron chi connectivity index (χ1n) is 5.78. The molecule has 1 fully saturated rings. The van der Waals surface area contributed by atoms with Crippen molar-refractivity contribution in [1.29, 1.82) is 0 Å². The van der Waals surface area contributed by atoms with E-state index in [1.807, 2.05) is 0 Å². The van der Waals surface area contributed by atoms with Gasteiger partial charge in [-0.15, -0.1) is 0 Å². The third-order valence-electron chi connectivity index (χ3n) is 3.37. The fourth-order valence-electron chi connectivity index (χ4n) is 2.18. The molecule has 1 aliphatic rings. The third-order valence-corrected chi connectivity index (χ3v) is 3.37. The molecule has 0 aromatic heterocycles. The second-order valence-corrected chi connectivity index (χ2v) is 4.91. The van der Waals surface area contributed by atoms with Gasteiger partial charge in [-0.05, 0) is 38.0 Å². The summed E-state index contributed by atoms with van der Waals surface area (Å²) in [5.74, 6) is 1.24. The highest BCUT2D eigenvalue weighted by molar-refractivity contribution is 5.96. The van der Waals surface area contributed by atoms with Crippen LogP contribution >= 0.6 is 0 Å². The Kier molecular flexibility index (Phi) is 4.30. The summed E-state index contributed by atoms with van der Waals surface area (Å²) in [6.45, 7) is 5.94. The lowest BCUT2D eigenvalue weighted by molar-refractivity contribution is -0.127. The number of ketones is 1. The second-order valence-electron chi connectivity index (χ2n) is 4.91. The first-order chi connectivity index (χ1) is 6.99. The minimum atomic E-state index is -0.116.